The number of alkyl halides is 2. The van der Waals surface area contributed by atoms with Crippen LogP contribution in [0, 0.1) is 0 Å². The van der Waals surface area contributed by atoms with Gasteiger partial charge >= 0.3 is 0 Å². The summed E-state index contributed by atoms with van der Waals surface area (Å²) in [6, 6.07) is 0. The van der Waals surface area contributed by atoms with E-state index in [1.165, 1.54) is 6.92 Å². The molecule has 0 heterocycles. The van der Waals surface area contributed by atoms with E-state index in [-0.39, 0.29) is 19.4 Å². The van der Waals surface area contributed by atoms with Crippen LogP contribution < -0.4 is 0 Å². The fraction of sp³-hybridized carbons (Fsp3) is 1.00. The highest BCUT2D eigenvalue weighted by atomic mass is 32.2. The molecule has 0 saturated heterocycles. The van der Waals surface area contributed by atoms with Crippen LogP contribution in [0.15, 0.2) is 0 Å². The minimum atomic E-state index is -4.03. The lowest BCUT2D eigenvalue weighted by Crippen LogP contribution is -2.49. The van der Waals surface area contributed by atoms with Crippen LogP contribution in [0.2, 0.25) is 0 Å². The summed E-state index contributed by atoms with van der Waals surface area (Å²) in [5, 5.41) is -1.62. The van der Waals surface area contributed by atoms with E-state index in [4.69, 9.17) is 0 Å². The lowest BCUT2D eigenvalue weighted by molar-refractivity contribution is -0.0691. The molecule has 0 N–H and O–H groups in total. The number of hydrogen-bond donors (Lipinski definition) is 0. The maximum atomic E-state index is 12.6. The Morgan fingerprint density at radius 3 is 2.42 bits per heavy atom. The normalized spacial score (nSPS) is 28.1. The molecule has 0 aliphatic heterocycles. The van der Waals surface area contributed by atoms with Gasteiger partial charge in [-0.2, -0.15) is 8.42 Å². The monoisotopic (exact) mass is 200 g/mol. The van der Waals surface area contributed by atoms with Crippen LogP contribution in [0.5, 0.6) is 0 Å². The van der Waals surface area contributed by atoms with Crippen molar-refractivity contribution in [1.29, 1.82) is 0 Å². The van der Waals surface area contributed by atoms with Crippen molar-refractivity contribution in [3.8, 4) is 0 Å². The maximum Gasteiger partial charge on any atom is 0.276 e. The van der Waals surface area contributed by atoms with Crippen molar-refractivity contribution in [1.82, 2.24) is 0 Å². The summed E-state index contributed by atoms with van der Waals surface area (Å²) in [7, 11) is -4.03. The van der Waals surface area contributed by atoms with E-state index in [2.05, 4.69) is 4.18 Å². The molecule has 1 unspecified atom stereocenters. The summed E-state index contributed by atoms with van der Waals surface area (Å²) in [6.07, 6.45) is -0.362. The predicted molar refractivity (Wildman–Crippen MR) is 38.5 cm³/mol. The highest BCUT2D eigenvalue weighted by molar-refractivity contribution is 7.87. The Morgan fingerprint density at radius 2 is 2.17 bits per heavy atom. The van der Waals surface area contributed by atoms with E-state index in [9.17, 15) is 17.2 Å². The van der Waals surface area contributed by atoms with Gasteiger partial charge in [-0.1, -0.05) is 0 Å². The van der Waals surface area contributed by atoms with Gasteiger partial charge in [0, 0.05) is 6.42 Å². The van der Waals surface area contributed by atoms with Crippen LogP contribution in [-0.4, -0.2) is 26.2 Å². The minimum absolute atomic E-state index is 0.00463. The van der Waals surface area contributed by atoms with E-state index in [1.54, 1.807) is 0 Å². The summed E-state index contributed by atoms with van der Waals surface area (Å²) < 4.78 is 51.2. The second kappa shape index (κ2) is 2.92. The molecule has 12 heavy (non-hydrogen) atoms. The lowest BCUT2D eigenvalue weighted by atomic mass is 9.94. The van der Waals surface area contributed by atoms with Crippen molar-refractivity contribution in [3.05, 3.63) is 0 Å². The predicted octanol–water partition coefficient (Wildman–Crippen LogP) is 1.15. The van der Waals surface area contributed by atoms with Crippen molar-refractivity contribution in [3.63, 3.8) is 0 Å². The lowest BCUT2D eigenvalue weighted by Gasteiger charge is -2.34. The molecule has 0 bridgehead atoms. The molecule has 1 saturated carbocycles. The molecule has 3 nitrogen and oxygen atoms in total. The Labute approximate surface area is 69.8 Å². The zero-order valence-corrected chi connectivity index (χ0v) is 7.40. The third-order valence-corrected chi connectivity index (χ3v) is 3.68. The van der Waals surface area contributed by atoms with Crippen LogP contribution in [0.1, 0.15) is 19.8 Å². The Balaban J connectivity index is 2.71. The second-order valence-electron chi connectivity index (χ2n) is 2.69. The van der Waals surface area contributed by atoms with Gasteiger partial charge < -0.3 is 0 Å². The largest absolute Gasteiger partial charge is 0.276 e. The van der Waals surface area contributed by atoms with Crippen molar-refractivity contribution in [2.45, 2.75) is 30.9 Å². The van der Waals surface area contributed by atoms with Crippen LogP contribution >= 0.6 is 0 Å². The van der Waals surface area contributed by atoms with Gasteiger partial charge in [0.1, 0.15) is 0 Å². The maximum absolute atomic E-state index is 12.6. The van der Waals surface area contributed by atoms with E-state index in [0.29, 0.717) is 0 Å². The molecule has 1 aliphatic carbocycles. The molecule has 1 fully saturated rings. The average molecular weight is 200 g/mol. The van der Waals surface area contributed by atoms with Crippen LogP contribution in [0.25, 0.3) is 0 Å². The molecular formula is C6H10F2O3S. The van der Waals surface area contributed by atoms with Crippen LogP contribution in [0.4, 0.5) is 8.78 Å². The molecule has 0 aromatic carbocycles. The fourth-order valence-electron chi connectivity index (χ4n) is 1.08. The minimum Gasteiger partial charge on any atom is -0.270 e. The highest BCUT2D eigenvalue weighted by Gasteiger charge is 2.56. The first kappa shape index (κ1) is 9.85. The summed E-state index contributed by atoms with van der Waals surface area (Å²) >= 11 is 0. The molecule has 0 spiro atoms. The average Bonchev–Trinajstić information content (AvgIpc) is 1.84. The van der Waals surface area contributed by atoms with Gasteiger partial charge in [0.05, 0.1) is 6.61 Å². The summed E-state index contributed by atoms with van der Waals surface area (Å²) in [6.45, 7) is 1.36. The van der Waals surface area contributed by atoms with Crippen molar-refractivity contribution in [2.24, 2.45) is 0 Å². The SMILES string of the molecule is CCOS(=O)(=O)C1CCC1(F)F. The van der Waals surface area contributed by atoms with E-state index >= 15 is 0 Å². The van der Waals surface area contributed by atoms with Gasteiger partial charge in [-0.3, -0.25) is 4.18 Å². The topological polar surface area (TPSA) is 43.4 Å². The second-order valence-corrected chi connectivity index (χ2v) is 4.48. The van der Waals surface area contributed by atoms with Gasteiger partial charge in [0.25, 0.3) is 16.0 Å². The zero-order chi connectivity index (χ0) is 9.41. The first-order valence-corrected chi connectivity index (χ1v) is 5.13. The molecule has 1 atom stereocenters. The van der Waals surface area contributed by atoms with Gasteiger partial charge in [0.2, 0.25) is 0 Å². The van der Waals surface area contributed by atoms with Crippen molar-refractivity contribution < 1.29 is 21.4 Å². The standard InChI is InChI=1S/C6H10F2O3S/c1-2-11-12(9,10)5-3-4-6(5,7)8/h5H,2-4H2,1H3. The Hall–Kier alpha value is -0.230. The van der Waals surface area contributed by atoms with Crippen LogP contribution in [-0.2, 0) is 14.3 Å². The zero-order valence-electron chi connectivity index (χ0n) is 6.59. The molecular weight excluding hydrogens is 190 g/mol. The van der Waals surface area contributed by atoms with Crippen molar-refractivity contribution in [2.75, 3.05) is 6.61 Å². The van der Waals surface area contributed by atoms with Crippen LogP contribution in [0.3, 0.4) is 0 Å². The first-order valence-electron chi connectivity index (χ1n) is 3.66. The van der Waals surface area contributed by atoms with Gasteiger partial charge in [0.15, 0.2) is 5.25 Å². The van der Waals surface area contributed by atoms with E-state index < -0.39 is 21.3 Å². The van der Waals surface area contributed by atoms with E-state index in [0.717, 1.165) is 0 Å². The molecule has 0 aromatic heterocycles. The Kier molecular flexibility index (Phi) is 2.40. The Bertz CT molecular complexity index is 260. The molecule has 1 aliphatic rings. The molecule has 72 valence electrons. The quantitative estimate of drug-likeness (QED) is 0.642. The van der Waals surface area contributed by atoms with Gasteiger partial charge in [-0.15, -0.1) is 0 Å². The number of halogens is 2. The Morgan fingerprint density at radius 1 is 1.58 bits per heavy atom. The summed E-state index contributed by atoms with van der Waals surface area (Å²) in [5.41, 5.74) is 0. The van der Waals surface area contributed by atoms with Crippen molar-refractivity contribution >= 4 is 10.1 Å². The molecule has 0 aromatic rings. The smallest absolute Gasteiger partial charge is 0.270 e. The van der Waals surface area contributed by atoms with Gasteiger partial charge in [-0.05, 0) is 13.3 Å². The van der Waals surface area contributed by atoms with E-state index in [1.807, 2.05) is 0 Å². The third-order valence-electron chi connectivity index (χ3n) is 1.84. The molecule has 0 radical (unpaired) electrons. The fourth-order valence-corrected chi connectivity index (χ4v) is 2.52. The molecule has 0 amide bonds. The summed E-state index contributed by atoms with van der Waals surface area (Å²) in [4.78, 5) is 0. The summed E-state index contributed by atoms with van der Waals surface area (Å²) in [5.74, 6) is -3.09. The first-order chi connectivity index (χ1) is 5.40. The number of rotatable bonds is 3. The highest BCUT2D eigenvalue weighted by Crippen LogP contribution is 2.42. The molecule has 1 rings (SSSR count). The third kappa shape index (κ3) is 1.59. The molecule has 6 heteroatoms. The van der Waals surface area contributed by atoms with Gasteiger partial charge in [-0.25, -0.2) is 8.78 Å². The number of hydrogen-bond acceptors (Lipinski definition) is 3.